The van der Waals surface area contributed by atoms with Gasteiger partial charge in [0, 0.05) is 23.8 Å². The van der Waals surface area contributed by atoms with Crippen molar-refractivity contribution in [2.75, 3.05) is 31.7 Å². The highest BCUT2D eigenvalue weighted by atomic mass is 35.5. The number of anilines is 2. The van der Waals surface area contributed by atoms with Gasteiger partial charge in [-0.15, -0.1) is 10.1 Å². The maximum atomic E-state index is 13.9. The van der Waals surface area contributed by atoms with E-state index in [1.54, 1.807) is 37.5 Å². The Hall–Kier alpha value is -5.05. The van der Waals surface area contributed by atoms with Crippen molar-refractivity contribution in [1.29, 1.82) is 0 Å². The van der Waals surface area contributed by atoms with Crippen molar-refractivity contribution >= 4 is 51.7 Å². The molecule has 0 saturated heterocycles. The van der Waals surface area contributed by atoms with Crippen LogP contribution in [0.1, 0.15) is 36.2 Å². The number of rotatable bonds is 8. The van der Waals surface area contributed by atoms with Crippen LogP contribution in [0.4, 0.5) is 11.5 Å². The average Bonchev–Trinajstić information content (AvgIpc) is 3.61. The molecule has 1 atom stereocenters. The number of hydrazone groups is 1. The first-order valence-corrected chi connectivity index (χ1v) is 13.5. The number of hydrogen-bond acceptors (Lipinski definition) is 12. The Morgan fingerprint density at radius 3 is 2.44 bits per heavy atom. The van der Waals surface area contributed by atoms with Crippen LogP contribution in [0.15, 0.2) is 35.7 Å². The number of nitrogens with one attached hydrogen (secondary N) is 2. The fourth-order valence-electron chi connectivity index (χ4n) is 4.50. The zero-order valence-corrected chi connectivity index (χ0v) is 25.0. The summed E-state index contributed by atoms with van der Waals surface area (Å²) in [7, 11) is 4.30. The van der Waals surface area contributed by atoms with Crippen LogP contribution in [0.2, 0.25) is 5.02 Å². The van der Waals surface area contributed by atoms with Crippen LogP contribution in [-0.2, 0) is 9.53 Å². The molecule has 3 aromatic heterocycles. The molecule has 4 heterocycles. The number of aryl methyl sites for hydroxylation is 1. The van der Waals surface area contributed by atoms with Crippen LogP contribution in [0.3, 0.4) is 0 Å². The van der Waals surface area contributed by atoms with Crippen LogP contribution in [0.5, 0.6) is 12.0 Å². The summed E-state index contributed by atoms with van der Waals surface area (Å²) in [6.45, 7) is 5.45. The lowest BCUT2D eigenvalue weighted by atomic mass is 10.0. The van der Waals surface area contributed by atoms with Crippen LogP contribution in [0, 0.1) is 6.92 Å². The van der Waals surface area contributed by atoms with E-state index in [-0.39, 0.29) is 41.7 Å². The molecule has 43 heavy (non-hydrogen) atoms. The fourth-order valence-corrected chi connectivity index (χ4v) is 4.71. The molecule has 5 rings (SSSR count). The highest BCUT2D eigenvalue weighted by Crippen LogP contribution is 2.33. The number of hydrogen-bond donors (Lipinski definition) is 2. The van der Waals surface area contributed by atoms with E-state index in [0.29, 0.717) is 33.2 Å². The molecule has 0 aliphatic carbocycles. The number of benzene rings is 1. The standard InChI is InChI=1S/C27H29ClN10O5/c1-13(2)30-24(40)19-20(31-23(39)17-11-18(41-4)35-38(17)22-16(28)8-7-9-29-22)14(3)10-15-12-37(36-21(15)19)25-32-26(42-5)34-27(33-25)43-6/h7-10,12-13,17H,11H2,1-6H3,(H,30,40)(H,31,39). The molecule has 0 spiro atoms. The van der Waals surface area contributed by atoms with E-state index in [9.17, 15) is 9.59 Å². The quantitative estimate of drug-likeness (QED) is 0.301. The minimum Gasteiger partial charge on any atom is -0.483 e. The zero-order valence-electron chi connectivity index (χ0n) is 24.2. The molecule has 0 fully saturated rings. The van der Waals surface area contributed by atoms with E-state index in [1.165, 1.54) is 31.0 Å². The van der Waals surface area contributed by atoms with Crippen molar-refractivity contribution in [1.82, 2.24) is 35.0 Å². The van der Waals surface area contributed by atoms with Gasteiger partial charge in [-0.2, -0.15) is 15.1 Å². The Bertz CT molecular complexity index is 1720. The molecule has 16 heteroatoms. The number of fused-ring (bicyclic) bond motifs is 1. The van der Waals surface area contributed by atoms with E-state index in [1.807, 2.05) is 13.8 Å². The molecular formula is C27H29ClN10O5. The molecular weight excluding hydrogens is 580 g/mol. The van der Waals surface area contributed by atoms with Crippen LogP contribution < -0.4 is 25.1 Å². The van der Waals surface area contributed by atoms with Crippen molar-refractivity contribution in [3.63, 3.8) is 0 Å². The van der Waals surface area contributed by atoms with E-state index in [2.05, 4.69) is 40.8 Å². The number of amides is 2. The number of nitrogens with zero attached hydrogens (tertiary/aromatic N) is 8. The summed E-state index contributed by atoms with van der Waals surface area (Å²) < 4.78 is 17.1. The summed E-state index contributed by atoms with van der Waals surface area (Å²) in [5, 5.41) is 17.2. The highest BCUT2D eigenvalue weighted by molar-refractivity contribution is 6.33. The Morgan fingerprint density at radius 2 is 1.81 bits per heavy atom. The molecule has 0 saturated carbocycles. The molecule has 1 aromatic carbocycles. The van der Waals surface area contributed by atoms with E-state index in [4.69, 9.17) is 25.8 Å². The molecule has 1 aliphatic heterocycles. The second-order valence-corrected chi connectivity index (χ2v) is 10.2. The number of pyridine rings is 1. The first-order chi connectivity index (χ1) is 20.6. The molecule has 224 valence electrons. The number of halogens is 1. The summed E-state index contributed by atoms with van der Waals surface area (Å²) in [6, 6.07) is 4.12. The van der Waals surface area contributed by atoms with Crippen LogP contribution >= 0.6 is 11.6 Å². The van der Waals surface area contributed by atoms with E-state index >= 15 is 0 Å². The molecule has 1 aliphatic rings. The summed E-state index contributed by atoms with van der Waals surface area (Å²) in [6.07, 6.45) is 3.37. The fraction of sp³-hybridized carbons (Fsp3) is 0.333. The number of aromatic nitrogens is 6. The predicted octanol–water partition coefficient (Wildman–Crippen LogP) is 2.90. The van der Waals surface area contributed by atoms with Gasteiger partial charge in [-0.3, -0.25) is 9.59 Å². The van der Waals surface area contributed by atoms with Gasteiger partial charge in [-0.1, -0.05) is 11.6 Å². The largest absolute Gasteiger partial charge is 0.483 e. The van der Waals surface area contributed by atoms with Gasteiger partial charge in [0.05, 0.1) is 44.0 Å². The molecule has 2 amide bonds. The van der Waals surface area contributed by atoms with Gasteiger partial charge in [-0.05, 0) is 44.5 Å². The first kappa shape index (κ1) is 29.4. The highest BCUT2D eigenvalue weighted by Gasteiger charge is 2.37. The van der Waals surface area contributed by atoms with Gasteiger partial charge in [0.1, 0.15) is 11.6 Å². The summed E-state index contributed by atoms with van der Waals surface area (Å²) >= 11 is 6.38. The molecule has 0 bridgehead atoms. The normalized spacial score (nSPS) is 14.6. The lowest BCUT2D eigenvalue weighted by Gasteiger charge is -2.23. The summed E-state index contributed by atoms with van der Waals surface area (Å²) in [5.74, 6) is -0.154. The molecule has 4 aromatic rings. The van der Waals surface area contributed by atoms with Crippen molar-refractivity contribution < 1.29 is 23.8 Å². The average molecular weight is 609 g/mol. The van der Waals surface area contributed by atoms with Gasteiger partial charge in [-0.25, -0.2) is 14.7 Å². The monoisotopic (exact) mass is 608 g/mol. The van der Waals surface area contributed by atoms with Crippen molar-refractivity contribution in [3.05, 3.63) is 46.7 Å². The minimum atomic E-state index is -0.860. The van der Waals surface area contributed by atoms with Gasteiger partial charge < -0.3 is 24.8 Å². The topological polar surface area (TPSA) is 171 Å². The number of carbonyl (C=O) groups excluding carboxylic acids is 2. The lowest BCUT2D eigenvalue weighted by molar-refractivity contribution is -0.117. The summed E-state index contributed by atoms with van der Waals surface area (Å²) in [4.78, 5) is 44.3. The van der Waals surface area contributed by atoms with Gasteiger partial charge >= 0.3 is 12.0 Å². The van der Waals surface area contributed by atoms with Crippen molar-refractivity contribution in [3.8, 4) is 18.0 Å². The Kier molecular flexibility index (Phi) is 8.25. The van der Waals surface area contributed by atoms with Gasteiger partial charge in [0.2, 0.25) is 11.8 Å². The zero-order chi connectivity index (χ0) is 30.8. The third-order valence-corrected chi connectivity index (χ3v) is 6.72. The van der Waals surface area contributed by atoms with Crippen molar-refractivity contribution in [2.45, 2.75) is 39.3 Å². The van der Waals surface area contributed by atoms with Gasteiger partial charge in [0.15, 0.2) is 5.82 Å². The molecule has 2 N–H and O–H groups in total. The molecule has 1 unspecified atom stereocenters. The van der Waals surface area contributed by atoms with Crippen molar-refractivity contribution in [2.24, 2.45) is 5.10 Å². The smallest absolute Gasteiger partial charge is 0.324 e. The van der Waals surface area contributed by atoms with Gasteiger partial charge in [0.25, 0.3) is 11.9 Å². The number of ether oxygens (including phenoxy) is 3. The Labute approximate surface area is 251 Å². The molecule has 15 nitrogen and oxygen atoms in total. The third-order valence-electron chi connectivity index (χ3n) is 6.42. The third kappa shape index (κ3) is 5.83. The first-order valence-electron chi connectivity index (χ1n) is 13.1. The number of carbonyl (C=O) groups is 2. The van der Waals surface area contributed by atoms with E-state index in [0.717, 1.165) is 0 Å². The van der Waals surface area contributed by atoms with Crippen LogP contribution in [0.25, 0.3) is 16.9 Å². The Morgan fingerprint density at radius 1 is 1.09 bits per heavy atom. The SMILES string of the molecule is COC1=NN(c2ncccc2Cl)C(C(=O)Nc2c(C)cc3cn(-c4nc(OC)nc(OC)n4)nc3c2C(=O)NC(C)C)C1. The van der Waals surface area contributed by atoms with Crippen LogP contribution in [-0.4, -0.2) is 80.8 Å². The Balaban J connectivity index is 1.59. The van der Waals surface area contributed by atoms with E-state index < -0.39 is 17.9 Å². The molecule has 0 radical (unpaired) electrons. The maximum absolute atomic E-state index is 13.9. The predicted molar refractivity (Wildman–Crippen MR) is 158 cm³/mol. The second kappa shape index (κ2) is 12.1. The number of methoxy groups -OCH3 is 3. The maximum Gasteiger partial charge on any atom is 0.324 e. The minimum absolute atomic E-state index is 0.0232. The lowest BCUT2D eigenvalue weighted by Crippen LogP contribution is -2.40. The second-order valence-electron chi connectivity index (χ2n) is 9.75. The summed E-state index contributed by atoms with van der Waals surface area (Å²) in [5.41, 5.74) is 1.37.